The molecular formula is C9H10N2O3. The third kappa shape index (κ3) is 2.48. The van der Waals surface area contributed by atoms with Crippen molar-refractivity contribution in [2.45, 2.75) is 0 Å². The second kappa shape index (κ2) is 4.27. The number of carbonyl (C=O) groups excluding carboxylic acids is 2. The van der Waals surface area contributed by atoms with Crippen LogP contribution < -0.4 is 11.1 Å². The van der Waals surface area contributed by atoms with E-state index < -0.39 is 12.0 Å². The molecule has 3 N–H and O–H groups in total. The molecule has 1 rings (SSSR count). The van der Waals surface area contributed by atoms with Gasteiger partial charge in [0.2, 0.25) is 0 Å². The van der Waals surface area contributed by atoms with Gasteiger partial charge in [0.25, 0.3) is 5.91 Å². The predicted octanol–water partition coefficient (Wildman–Crippen LogP) is 0.765. The highest BCUT2D eigenvalue weighted by molar-refractivity contribution is 6.02. The molecule has 0 aliphatic carbocycles. The molecule has 0 aliphatic rings. The highest BCUT2D eigenvalue weighted by Crippen LogP contribution is 2.04. The second-order valence-corrected chi connectivity index (χ2v) is 2.57. The number of amides is 2. The van der Waals surface area contributed by atoms with Gasteiger partial charge in [-0.3, -0.25) is 10.1 Å². The highest BCUT2D eigenvalue weighted by atomic mass is 16.5. The molecule has 0 atom stereocenters. The Morgan fingerprint density at radius 2 is 1.86 bits per heavy atom. The molecule has 74 valence electrons. The van der Waals surface area contributed by atoms with Gasteiger partial charge in [0.15, 0.2) is 0 Å². The highest BCUT2D eigenvalue weighted by Gasteiger charge is 2.08. The Balaban J connectivity index is 2.70. The van der Waals surface area contributed by atoms with E-state index in [1.807, 2.05) is 5.32 Å². The van der Waals surface area contributed by atoms with E-state index >= 15 is 0 Å². The van der Waals surface area contributed by atoms with Crippen molar-refractivity contribution in [3.05, 3.63) is 29.8 Å². The van der Waals surface area contributed by atoms with Gasteiger partial charge in [-0.1, -0.05) is 0 Å². The average molecular weight is 194 g/mol. The minimum atomic E-state index is -0.785. The smallest absolute Gasteiger partial charge is 0.413 e. The van der Waals surface area contributed by atoms with Crippen molar-refractivity contribution < 1.29 is 14.3 Å². The molecule has 5 nitrogen and oxygen atoms in total. The van der Waals surface area contributed by atoms with Gasteiger partial charge in [0.05, 0.1) is 7.11 Å². The molecule has 1 aromatic carbocycles. The molecule has 2 amide bonds. The van der Waals surface area contributed by atoms with Crippen LogP contribution in [0.1, 0.15) is 10.4 Å². The quantitative estimate of drug-likeness (QED) is 0.647. The largest absolute Gasteiger partial charge is 0.453 e. The molecule has 1 aromatic rings. The van der Waals surface area contributed by atoms with Crippen molar-refractivity contribution in [3.8, 4) is 0 Å². The summed E-state index contributed by atoms with van der Waals surface area (Å²) >= 11 is 0. The van der Waals surface area contributed by atoms with Gasteiger partial charge in [-0.15, -0.1) is 0 Å². The maximum Gasteiger partial charge on any atom is 0.413 e. The Kier molecular flexibility index (Phi) is 3.06. The third-order valence-corrected chi connectivity index (χ3v) is 1.57. The van der Waals surface area contributed by atoms with E-state index in [4.69, 9.17) is 5.73 Å². The van der Waals surface area contributed by atoms with Crippen molar-refractivity contribution in [1.82, 2.24) is 5.32 Å². The molecule has 0 unspecified atom stereocenters. The Morgan fingerprint density at radius 3 is 2.36 bits per heavy atom. The lowest BCUT2D eigenvalue weighted by Gasteiger charge is -2.02. The van der Waals surface area contributed by atoms with E-state index in [1.54, 1.807) is 12.1 Å². The minimum Gasteiger partial charge on any atom is -0.453 e. The number of benzene rings is 1. The van der Waals surface area contributed by atoms with Crippen molar-refractivity contribution in [2.24, 2.45) is 0 Å². The van der Waals surface area contributed by atoms with Gasteiger partial charge in [-0.05, 0) is 24.3 Å². The lowest BCUT2D eigenvalue weighted by atomic mass is 10.2. The zero-order valence-electron chi connectivity index (χ0n) is 7.61. The average Bonchev–Trinajstić information content (AvgIpc) is 2.18. The van der Waals surface area contributed by atoms with Crippen LogP contribution in [0.2, 0.25) is 0 Å². The molecule has 0 spiro atoms. The predicted molar refractivity (Wildman–Crippen MR) is 50.7 cm³/mol. The molecule has 0 aliphatic heterocycles. The Labute approximate surface area is 80.9 Å². The van der Waals surface area contributed by atoms with E-state index in [1.165, 1.54) is 19.2 Å². The number of rotatable bonds is 1. The zero-order chi connectivity index (χ0) is 10.6. The zero-order valence-corrected chi connectivity index (χ0v) is 7.61. The number of imide groups is 1. The number of anilines is 1. The van der Waals surface area contributed by atoms with Gasteiger partial charge >= 0.3 is 6.09 Å². The van der Waals surface area contributed by atoms with Crippen LogP contribution in [0.15, 0.2) is 24.3 Å². The fourth-order valence-corrected chi connectivity index (χ4v) is 0.850. The van der Waals surface area contributed by atoms with E-state index in [0.717, 1.165) is 0 Å². The maximum absolute atomic E-state index is 11.3. The van der Waals surface area contributed by atoms with Crippen molar-refractivity contribution in [2.75, 3.05) is 12.8 Å². The summed E-state index contributed by atoms with van der Waals surface area (Å²) in [7, 11) is 1.19. The Hall–Kier alpha value is -2.04. The number of ether oxygens (including phenoxy) is 1. The number of nitrogen functional groups attached to an aromatic ring is 1. The van der Waals surface area contributed by atoms with E-state index in [9.17, 15) is 9.59 Å². The van der Waals surface area contributed by atoms with Crippen molar-refractivity contribution in [3.63, 3.8) is 0 Å². The molecule has 0 aromatic heterocycles. The number of nitrogens with two attached hydrogens (primary N) is 1. The van der Waals surface area contributed by atoms with Gasteiger partial charge in [-0.2, -0.15) is 0 Å². The van der Waals surface area contributed by atoms with E-state index in [-0.39, 0.29) is 0 Å². The molecular weight excluding hydrogens is 184 g/mol. The fraction of sp³-hybridized carbons (Fsp3) is 0.111. The number of nitrogens with one attached hydrogen (secondary N) is 1. The third-order valence-electron chi connectivity index (χ3n) is 1.57. The van der Waals surface area contributed by atoms with Gasteiger partial charge in [0.1, 0.15) is 0 Å². The first-order chi connectivity index (χ1) is 6.63. The molecule has 0 radical (unpaired) electrons. The lowest BCUT2D eigenvalue weighted by molar-refractivity contribution is 0.0937. The fourth-order valence-electron chi connectivity index (χ4n) is 0.850. The van der Waals surface area contributed by atoms with Crippen LogP contribution in [0.3, 0.4) is 0 Å². The van der Waals surface area contributed by atoms with Crippen molar-refractivity contribution >= 4 is 17.7 Å². The first-order valence-electron chi connectivity index (χ1n) is 3.88. The van der Waals surface area contributed by atoms with Crippen LogP contribution in [0.25, 0.3) is 0 Å². The lowest BCUT2D eigenvalue weighted by Crippen LogP contribution is -2.30. The Morgan fingerprint density at radius 1 is 1.29 bits per heavy atom. The molecule has 0 fully saturated rings. The molecule has 14 heavy (non-hydrogen) atoms. The Bertz CT molecular complexity index is 346. The van der Waals surface area contributed by atoms with Gasteiger partial charge in [-0.25, -0.2) is 4.79 Å². The first-order valence-corrected chi connectivity index (χ1v) is 3.88. The normalized spacial score (nSPS) is 9.21. The SMILES string of the molecule is COC(=O)NC(=O)c1ccc(N)cc1. The molecule has 5 heteroatoms. The number of alkyl carbamates (subject to hydrolysis) is 1. The summed E-state index contributed by atoms with van der Waals surface area (Å²) in [5, 5.41) is 2.02. The first kappa shape index (κ1) is 10.0. The molecule has 0 heterocycles. The monoisotopic (exact) mass is 194 g/mol. The maximum atomic E-state index is 11.3. The standard InChI is InChI=1S/C9H10N2O3/c1-14-9(13)11-8(12)6-2-4-7(10)5-3-6/h2-5H,10H2,1H3,(H,11,12,13). The molecule has 0 saturated carbocycles. The van der Waals surface area contributed by atoms with E-state index in [2.05, 4.69) is 4.74 Å². The number of hydrogen-bond donors (Lipinski definition) is 2. The summed E-state index contributed by atoms with van der Waals surface area (Å²) in [6, 6.07) is 6.19. The van der Waals surface area contributed by atoms with Crippen LogP contribution in [-0.2, 0) is 4.74 Å². The van der Waals surface area contributed by atoms with Crippen LogP contribution in [0.4, 0.5) is 10.5 Å². The minimum absolute atomic E-state index is 0.351. The van der Waals surface area contributed by atoms with Crippen molar-refractivity contribution in [1.29, 1.82) is 0 Å². The number of carbonyl (C=O) groups is 2. The van der Waals surface area contributed by atoms with Crippen LogP contribution in [0, 0.1) is 0 Å². The van der Waals surface area contributed by atoms with Crippen LogP contribution in [-0.4, -0.2) is 19.1 Å². The summed E-state index contributed by atoms with van der Waals surface area (Å²) in [4.78, 5) is 22.0. The van der Waals surface area contributed by atoms with Crippen LogP contribution in [0.5, 0.6) is 0 Å². The van der Waals surface area contributed by atoms with Gasteiger partial charge in [0, 0.05) is 11.3 Å². The summed E-state index contributed by atoms with van der Waals surface area (Å²) in [6.07, 6.45) is -0.785. The number of hydrogen-bond acceptors (Lipinski definition) is 4. The molecule has 0 bridgehead atoms. The summed E-state index contributed by atoms with van der Waals surface area (Å²) < 4.78 is 4.27. The van der Waals surface area contributed by atoms with Gasteiger partial charge < -0.3 is 10.5 Å². The van der Waals surface area contributed by atoms with Crippen LogP contribution >= 0.6 is 0 Å². The van der Waals surface area contributed by atoms with E-state index in [0.29, 0.717) is 11.3 Å². The summed E-state index contributed by atoms with van der Waals surface area (Å²) in [5.41, 5.74) is 6.34. The topological polar surface area (TPSA) is 81.4 Å². The second-order valence-electron chi connectivity index (χ2n) is 2.57. The summed E-state index contributed by atoms with van der Waals surface area (Å²) in [6.45, 7) is 0. The number of methoxy groups -OCH3 is 1. The summed E-state index contributed by atoms with van der Waals surface area (Å²) in [5.74, 6) is -0.517. The molecule has 0 saturated heterocycles.